The zero-order valence-electron chi connectivity index (χ0n) is 15.2. The van der Waals surface area contributed by atoms with Gasteiger partial charge in [-0.15, -0.1) is 0 Å². The lowest BCUT2D eigenvalue weighted by molar-refractivity contribution is 0.102. The normalized spacial score (nSPS) is 10.4. The summed E-state index contributed by atoms with van der Waals surface area (Å²) < 4.78 is 16.2. The van der Waals surface area contributed by atoms with E-state index in [0.717, 1.165) is 12.2 Å². The Hall–Kier alpha value is -2.69. The molecule has 0 radical (unpaired) electrons. The number of methoxy groups -OCH3 is 2. The number of hydrogen-bond donors (Lipinski definition) is 1. The van der Waals surface area contributed by atoms with Crippen molar-refractivity contribution in [3.8, 4) is 17.2 Å². The van der Waals surface area contributed by atoms with Gasteiger partial charge in [-0.05, 0) is 54.8 Å². The van der Waals surface area contributed by atoms with Crippen LogP contribution in [0.4, 0.5) is 5.69 Å². The summed E-state index contributed by atoms with van der Waals surface area (Å²) in [6.07, 6.45) is 0.961. The zero-order valence-corrected chi connectivity index (χ0v) is 15.2. The van der Waals surface area contributed by atoms with Crippen molar-refractivity contribution in [2.75, 3.05) is 26.1 Å². The third kappa shape index (κ3) is 5.41. The Kier molecular flexibility index (Phi) is 6.69. The second kappa shape index (κ2) is 8.97. The molecule has 0 atom stereocenters. The van der Waals surface area contributed by atoms with Gasteiger partial charge in [0.25, 0.3) is 5.91 Å². The molecule has 2 aromatic carbocycles. The van der Waals surface area contributed by atoms with Gasteiger partial charge in [-0.2, -0.15) is 0 Å². The molecule has 2 aromatic rings. The standard InChI is InChI=1S/C20H25NO4/c1-14(2)11-12-25-18-10-5-15(13-19(18)24-4)20(22)21-16-6-8-17(23-3)9-7-16/h5-10,13-14H,11-12H2,1-4H3,(H,21,22). The molecule has 1 N–H and O–H groups in total. The lowest BCUT2D eigenvalue weighted by atomic mass is 10.1. The summed E-state index contributed by atoms with van der Waals surface area (Å²) in [6, 6.07) is 12.3. The third-order valence-corrected chi connectivity index (χ3v) is 3.73. The van der Waals surface area contributed by atoms with Crippen molar-refractivity contribution >= 4 is 11.6 Å². The van der Waals surface area contributed by atoms with E-state index < -0.39 is 0 Å². The fourth-order valence-electron chi connectivity index (χ4n) is 2.21. The second-order valence-corrected chi connectivity index (χ2v) is 6.08. The largest absolute Gasteiger partial charge is 0.497 e. The minimum atomic E-state index is -0.211. The summed E-state index contributed by atoms with van der Waals surface area (Å²) in [6.45, 7) is 4.91. The predicted molar refractivity (Wildman–Crippen MR) is 98.9 cm³/mol. The fraction of sp³-hybridized carbons (Fsp3) is 0.350. The number of rotatable bonds is 8. The maximum atomic E-state index is 12.4. The molecule has 0 saturated heterocycles. The number of anilines is 1. The molecule has 0 heterocycles. The van der Waals surface area contributed by atoms with Gasteiger partial charge in [-0.3, -0.25) is 4.79 Å². The molecule has 0 unspecified atom stereocenters. The first-order chi connectivity index (χ1) is 12.0. The Morgan fingerprint density at radius 2 is 1.72 bits per heavy atom. The van der Waals surface area contributed by atoms with Crippen LogP contribution >= 0.6 is 0 Å². The molecule has 0 saturated carbocycles. The van der Waals surface area contributed by atoms with Crippen LogP contribution in [0.3, 0.4) is 0 Å². The third-order valence-electron chi connectivity index (χ3n) is 3.73. The summed E-state index contributed by atoms with van der Waals surface area (Å²) in [5.74, 6) is 2.29. The van der Waals surface area contributed by atoms with Gasteiger partial charge >= 0.3 is 0 Å². The highest BCUT2D eigenvalue weighted by atomic mass is 16.5. The van der Waals surface area contributed by atoms with Gasteiger partial charge in [0.1, 0.15) is 5.75 Å². The van der Waals surface area contributed by atoms with Crippen LogP contribution in [-0.2, 0) is 0 Å². The highest BCUT2D eigenvalue weighted by molar-refractivity contribution is 6.04. The number of carbonyl (C=O) groups is 1. The molecule has 0 aromatic heterocycles. The summed E-state index contributed by atoms with van der Waals surface area (Å²) in [7, 11) is 3.17. The fourth-order valence-corrected chi connectivity index (χ4v) is 2.21. The lowest BCUT2D eigenvalue weighted by Gasteiger charge is -2.13. The molecule has 25 heavy (non-hydrogen) atoms. The van der Waals surface area contributed by atoms with Crippen molar-refractivity contribution in [3.63, 3.8) is 0 Å². The van der Waals surface area contributed by atoms with Crippen molar-refractivity contribution in [1.29, 1.82) is 0 Å². The molecule has 0 aliphatic carbocycles. The molecular formula is C20H25NO4. The molecule has 1 amide bonds. The van der Waals surface area contributed by atoms with E-state index in [1.54, 1.807) is 56.7 Å². The number of ether oxygens (including phenoxy) is 3. The molecule has 2 rings (SSSR count). The summed E-state index contributed by atoms with van der Waals surface area (Å²) in [5.41, 5.74) is 1.20. The van der Waals surface area contributed by atoms with Gasteiger partial charge in [-0.25, -0.2) is 0 Å². The van der Waals surface area contributed by atoms with E-state index in [9.17, 15) is 4.79 Å². The van der Waals surface area contributed by atoms with Crippen LogP contribution in [0.25, 0.3) is 0 Å². The molecule has 0 aliphatic heterocycles. The average Bonchev–Trinajstić information content (AvgIpc) is 2.62. The van der Waals surface area contributed by atoms with E-state index >= 15 is 0 Å². The molecule has 5 heteroatoms. The first-order valence-electron chi connectivity index (χ1n) is 8.29. The Morgan fingerprint density at radius 3 is 2.32 bits per heavy atom. The maximum Gasteiger partial charge on any atom is 0.255 e. The SMILES string of the molecule is COc1ccc(NC(=O)c2ccc(OCCC(C)C)c(OC)c2)cc1. The first kappa shape index (κ1) is 18.6. The summed E-state index contributed by atoms with van der Waals surface area (Å²) in [5, 5.41) is 2.85. The number of carbonyl (C=O) groups excluding carboxylic acids is 1. The molecular weight excluding hydrogens is 318 g/mol. The van der Waals surface area contributed by atoms with Crippen LogP contribution in [0.5, 0.6) is 17.2 Å². The zero-order chi connectivity index (χ0) is 18.2. The van der Waals surface area contributed by atoms with Crippen molar-refractivity contribution < 1.29 is 19.0 Å². The number of benzene rings is 2. The van der Waals surface area contributed by atoms with Crippen LogP contribution < -0.4 is 19.5 Å². The molecule has 134 valence electrons. The van der Waals surface area contributed by atoms with Gasteiger partial charge in [0, 0.05) is 11.3 Å². The Bertz CT molecular complexity index is 695. The second-order valence-electron chi connectivity index (χ2n) is 6.08. The highest BCUT2D eigenvalue weighted by Gasteiger charge is 2.12. The average molecular weight is 343 g/mol. The van der Waals surface area contributed by atoms with Crippen molar-refractivity contribution in [2.24, 2.45) is 5.92 Å². The van der Waals surface area contributed by atoms with Gasteiger partial charge in [0.15, 0.2) is 11.5 Å². The minimum Gasteiger partial charge on any atom is -0.497 e. The van der Waals surface area contributed by atoms with Crippen LogP contribution in [-0.4, -0.2) is 26.7 Å². The lowest BCUT2D eigenvalue weighted by Crippen LogP contribution is -2.12. The number of hydrogen-bond acceptors (Lipinski definition) is 4. The molecule has 5 nitrogen and oxygen atoms in total. The summed E-state index contributed by atoms with van der Waals surface area (Å²) >= 11 is 0. The number of nitrogens with one attached hydrogen (secondary N) is 1. The van der Waals surface area contributed by atoms with E-state index in [0.29, 0.717) is 35.3 Å². The van der Waals surface area contributed by atoms with Crippen LogP contribution in [0.15, 0.2) is 42.5 Å². The van der Waals surface area contributed by atoms with Crippen molar-refractivity contribution in [3.05, 3.63) is 48.0 Å². The molecule has 0 bridgehead atoms. The Balaban J connectivity index is 2.06. The van der Waals surface area contributed by atoms with E-state index in [-0.39, 0.29) is 5.91 Å². The van der Waals surface area contributed by atoms with Crippen LogP contribution in [0.1, 0.15) is 30.6 Å². The summed E-state index contributed by atoms with van der Waals surface area (Å²) in [4.78, 5) is 12.4. The Labute approximate surface area is 148 Å². The Morgan fingerprint density at radius 1 is 1.00 bits per heavy atom. The van der Waals surface area contributed by atoms with Gasteiger partial charge in [0.2, 0.25) is 0 Å². The smallest absolute Gasteiger partial charge is 0.255 e. The van der Waals surface area contributed by atoms with Crippen molar-refractivity contribution in [1.82, 2.24) is 0 Å². The monoisotopic (exact) mass is 343 g/mol. The number of amides is 1. The van der Waals surface area contributed by atoms with Gasteiger partial charge in [-0.1, -0.05) is 13.8 Å². The molecule has 0 fully saturated rings. The van der Waals surface area contributed by atoms with E-state index in [4.69, 9.17) is 14.2 Å². The molecule has 0 aliphatic rings. The first-order valence-corrected chi connectivity index (χ1v) is 8.29. The van der Waals surface area contributed by atoms with Gasteiger partial charge in [0.05, 0.1) is 20.8 Å². The van der Waals surface area contributed by atoms with Crippen molar-refractivity contribution in [2.45, 2.75) is 20.3 Å². The maximum absolute atomic E-state index is 12.4. The topological polar surface area (TPSA) is 56.8 Å². The van der Waals surface area contributed by atoms with Crippen LogP contribution in [0, 0.1) is 5.92 Å². The van der Waals surface area contributed by atoms with Gasteiger partial charge < -0.3 is 19.5 Å². The predicted octanol–water partition coefficient (Wildman–Crippen LogP) is 4.38. The minimum absolute atomic E-state index is 0.211. The van der Waals surface area contributed by atoms with E-state index in [2.05, 4.69) is 19.2 Å². The van der Waals surface area contributed by atoms with Crippen LogP contribution in [0.2, 0.25) is 0 Å². The van der Waals surface area contributed by atoms with E-state index in [1.807, 2.05) is 0 Å². The highest BCUT2D eigenvalue weighted by Crippen LogP contribution is 2.29. The molecule has 0 spiro atoms. The quantitative estimate of drug-likeness (QED) is 0.773. The van der Waals surface area contributed by atoms with E-state index in [1.165, 1.54) is 0 Å².